The van der Waals surface area contributed by atoms with Gasteiger partial charge in [0.1, 0.15) is 18.1 Å². The molecule has 10 nitrogen and oxygen atoms in total. The average molecular weight is 516 g/mol. The minimum absolute atomic E-state index is 0.0270. The Morgan fingerprint density at radius 3 is 2.30 bits per heavy atom. The van der Waals surface area contributed by atoms with Gasteiger partial charge in [-0.15, -0.1) is 0 Å². The van der Waals surface area contributed by atoms with Crippen LogP contribution in [0.4, 0.5) is 0 Å². The number of nitrogens with zero attached hydrogens (tertiary/aromatic N) is 2. The topological polar surface area (TPSA) is 141 Å². The number of fused-ring (bicyclic) bond motifs is 1. The zero-order chi connectivity index (χ0) is 27.5. The Balaban J connectivity index is 1.50. The lowest BCUT2D eigenvalue weighted by Crippen LogP contribution is -2.61. The molecule has 3 heterocycles. The third-order valence-corrected chi connectivity index (χ3v) is 8.75. The lowest BCUT2D eigenvalue weighted by molar-refractivity contribution is -0.149. The Bertz CT molecular complexity index is 1020. The Morgan fingerprint density at radius 1 is 1.16 bits per heavy atom. The molecule has 4 amide bonds. The molecule has 4 aliphatic rings. The van der Waals surface area contributed by atoms with Crippen molar-refractivity contribution in [3.63, 3.8) is 0 Å². The fraction of sp³-hybridized carbons (Fsp3) is 0.815. The second-order valence-corrected chi connectivity index (χ2v) is 13.6. The predicted molar refractivity (Wildman–Crippen MR) is 134 cm³/mol. The van der Waals surface area contributed by atoms with Gasteiger partial charge in [-0.25, -0.2) is 0 Å². The van der Waals surface area contributed by atoms with Crippen LogP contribution in [0.2, 0.25) is 0 Å². The molecule has 3 aliphatic heterocycles. The summed E-state index contributed by atoms with van der Waals surface area (Å²) < 4.78 is 5.13. The molecular weight excluding hydrogens is 474 g/mol. The maximum Gasteiger partial charge on any atom is 0.246 e. The van der Waals surface area contributed by atoms with E-state index < -0.39 is 23.5 Å². The smallest absolute Gasteiger partial charge is 0.246 e. The molecule has 4 rings (SSSR count). The summed E-state index contributed by atoms with van der Waals surface area (Å²) in [6.07, 6.45) is 0.810. The number of ether oxygens (including phenoxy) is 1. The number of carbonyl (C=O) groups excluding carboxylic acids is 4. The van der Waals surface area contributed by atoms with Crippen LogP contribution >= 0.6 is 0 Å². The highest BCUT2D eigenvalue weighted by atomic mass is 16.5. The van der Waals surface area contributed by atoms with Crippen molar-refractivity contribution in [2.24, 2.45) is 34.5 Å². The SMILES string of the molecule is CC1(C)CC(C[C@@H](C#N)NC(=O)[C@@H]2[C@@H]3[C@H](CN2C(=O)[C@@H](NC(=O)C2COC2)C(C)(C)C)C3(C)C)C(=O)N1. The lowest BCUT2D eigenvalue weighted by Gasteiger charge is -2.38. The molecule has 0 bridgehead atoms. The standard InChI is InChI=1S/C27H41N5O5/c1-25(2,3)20(30-21(33)15-12-37-13-15)24(36)32-11-17-18(27(17,6)7)19(32)23(35)29-16(10-28)8-14-9-26(4,5)31-22(14)34/h14-20H,8-9,11-13H2,1-7H3,(H,29,35)(H,30,33)(H,31,34)/t14?,16-,17-,18-,19-,20+/m0/s1. The summed E-state index contributed by atoms with van der Waals surface area (Å²) in [5.41, 5.74) is -1.01. The van der Waals surface area contributed by atoms with Crippen LogP contribution in [0.15, 0.2) is 0 Å². The Labute approximate surface area is 219 Å². The van der Waals surface area contributed by atoms with Crippen LogP contribution in [0.1, 0.15) is 61.3 Å². The van der Waals surface area contributed by atoms with Crippen LogP contribution in [-0.4, -0.2) is 72.0 Å². The Morgan fingerprint density at radius 2 is 1.81 bits per heavy atom. The highest BCUT2D eigenvalue weighted by Gasteiger charge is 2.69. The molecule has 204 valence electrons. The maximum atomic E-state index is 13.9. The summed E-state index contributed by atoms with van der Waals surface area (Å²) in [7, 11) is 0. The second kappa shape index (κ2) is 9.26. The fourth-order valence-electron chi connectivity index (χ4n) is 6.35. The van der Waals surface area contributed by atoms with Gasteiger partial charge in [-0.2, -0.15) is 5.26 Å². The van der Waals surface area contributed by atoms with Gasteiger partial charge in [0.2, 0.25) is 23.6 Å². The number of hydrogen-bond acceptors (Lipinski definition) is 6. The number of carbonyl (C=O) groups is 4. The van der Waals surface area contributed by atoms with Gasteiger partial charge in [-0.1, -0.05) is 34.6 Å². The van der Waals surface area contributed by atoms with E-state index in [4.69, 9.17) is 4.74 Å². The largest absolute Gasteiger partial charge is 0.380 e. The van der Waals surface area contributed by atoms with E-state index in [0.29, 0.717) is 26.2 Å². The molecule has 0 aromatic carbocycles. The second-order valence-electron chi connectivity index (χ2n) is 13.6. The van der Waals surface area contributed by atoms with E-state index in [1.165, 1.54) is 0 Å². The zero-order valence-corrected chi connectivity index (χ0v) is 23.0. The fourth-order valence-corrected chi connectivity index (χ4v) is 6.35. The van der Waals surface area contributed by atoms with E-state index in [1.54, 1.807) is 4.90 Å². The normalized spacial score (nSPS) is 31.3. The molecule has 1 aliphatic carbocycles. The molecule has 0 aromatic rings. The van der Waals surface area contributed by atoms with E-state index >= 15 is 0 Å². The zero-order valence-electron chi connectivity index (χ0n) is 23.0. The number of amides is 4. The van der Waals surface area contributed by atoms with Crippen molar-refractivity contribution in [1.82, 2.24) is 20.9 Å². The number of hydrogen-bond donors (Lipinski definition) is 3. The van der Waals surface area contributed by atoms with Crippen molar-refractivity contribution in [3.05, 3.63) is 0 Å². The van der Waals surface area contributed by atoms with E-state index in [-0.39, 0.29) is 64.7 Å². The minimum atomic E-state index is -0.841. The summed E-state index contributed by atoms with van der Waals surface area (Å²) in [5, 5.41) is 18.5. The molecule has 3 N–H and O–H groups in total. The van der Waals surface area contributed by atoms with Crippen LogP contribution in [0, 0.1) is 45.8 Å². The quantitative estimate of drug-likeness (QED) is 0.461. The molecule has 3 saturated heterocycles. The van der Waals surface area contributed by atoms with Gasteiger partial charge in [-0.05, 0) is 49.4 Å². The van der Waals surface area contributed by atoms with Crippen LogP contribution in [-0.2, 0) is 23.9 Å². The van der Waals surface area contributed by atoms with Gasteiger partial charge < -0.3 is 25.6 Å². The number of likely N-dealkylation sites (tertiary alicyclic amines) is 1. The number of rotatable bonds is 7. The molecule has 4 fully saturated rings. The van der Waals surface area contributed by atoms with Gasteiger partial charge in [-0.3, -0.25) is 19.2 Å². The summed E-state index contributed by atoms with van der Waals surface area (Å²) in [6.45, 7) is 14.8. The summed E-state index contributed by atoms with van der Waals surface area (Å²) in [5.74, 6) is -1.46. The first-order valence-corrected chi connectivity index (χ1v) is 13.3. The van der Waals surface area contributed by atoms with Crippen molar-refractivity contribution in [2.75, 3.05) is 19.8 Å². The monoisotopic (exact) mass is 515 g/mol. The first kappa shape index (κ1) is 27.4. The van der Waals surface area contributed by atoms with Crippen molar-refractivity contribution in [3.8, 4) is 6.07 Å². The molecule has 0 spiro atoms. The van der Waals surface area contributed by atoms with Crippen LogP contribution in [0.5, 0.6) is 0 Å². The number of piperidine rings is 1. The molecule has 0 radical (unpaired) electrons. The van der Waals surface area contributed by atoms with Gasteiger partial charge in [0.15, 0.2) is 0 Å². The maximum absolute atomic E-state index is 13.9. The first-order valence-electron chi connectivity index (χ1n) is 13.3. The molecule has 0 aromatic heterocycles. The van der Waals surface area contributed by atoms with Gasteiger partial charge in [0.25, 0.3) is 0 Å². The summed E-state index contributed by atoms with van der Waals surface area (Å²) in [6, 6.07) is -0.231. The average Bonchev–Trinajstić information content (AvgIpc) is 3.03. The van der Waals surface area contributed by atoms with E-state index in [2.05, 4.69) is 35.9 Å². The van der Waals surface area contributed by atoms with Gasteiger partial charge in [0.05, 0.1) is 25.2 Å². The van der Waals surface area contributed by atoms with E-state index in [0.717, 1.165) is 0 Å². The number of nitrogens with one attached hydrogen (secondary N) is 3. The first-order chi connectivity index (χ1) is 17.1. The molecule has 6 atom stereocenters. The van der Waals surface area contributed by atoms with Crippen molar-refractivity contribution < 1.29 is 23.9 Å². The van der Waals surface area contributed by atoms with Crippen LogP contribution in [0.25, 0.3) is 0 Å². The summed E-state index contributed by atoms with van der Waals surface area (Å²) in [4.78, 5) is 54.2. The lowest BCUT2D eigenvalue weighted by atomic mass is 9.84. The molecule has 1 unspecified atom stereocenters. The van der Waals surface area contributed by atoms with Gasteiger partial charge in [0, 0.05) is 18.0 Å². The Hall–Kier alpha value is -2.67. The van der Waals surface area contributed by atoms with E-state index in [1.807, 2.05) is 34.6 Å². The molecule has 1 saturated carbocycles. The molecule has 37 heavy (non-hydrogen) atoms. The van der Waals surface area contributed by atoms with E-state index in [9.17, 15) is 24.4 Å². The van der Waals surface area contributed by atoms with Crippen molar-refractivity contribution in [2.45, 2.75) is 85.0 Å². The number of nitriles is 1. The van der Waals surface area contributed by atoms with Crippen LogP contribution in [0.3, 0.4) is 0 Å². The van der Waals surface area contributed by atoms with Crippen LogP contribution < -0.4 is 16.0 Å². The van der Waals surface area contributed by atoms with Crippen molar-refractivity contribution >= 4 is 23.6 Å². The summed E-state index contributed by atoms with van der Waals surface area (Å²) >= 11 is 0. The third-order valence-electron chi connectivity index (χ3n) is 8.75. The third kappa shape index (κ3) is 5.20. The highest BCUT2D eigenvalue weighted by Crippen LogP contribution is 2.65. The molecular formula is C27H41N5O5. The van der Waals surface area contributed by atoms with Crippen molar-refractivity contribution in [1.29, 1.82) is 5.26 Å². The Kier molecular flexibility index (Phi) is 6.85. The minimum Gasteiger partial charge on any atom is -0.380 e. The highest BCUT2D eigenvalue weighted by molar-refractivity contribution is 5.94. The predicted octanol–water partition coefficient (Wildman–Crippen LogP) is 0.960. The van der Waals surface area contributed by atoms with Gasteiger partial charge >= 0.3 is 0 Å². The molecule has 10 heteroatoms.